The molecule has 0 spiro atoms. The molecule has 7 heteroatoms. The lowest BCUT2D eigenvalue weighted by Crippen LogP contribution is -2.10. The zero-order valence-corrected chi connectivity index (χ0v) is 12.1. The third kappa shape index (κ3) is 2.07. The summed E-state index contributed by atoms with van der Waals surface area (Å²) in [4.78, 5) is 13.1. The molecule has 4 rings (SSSR count). The van der Waals surface area contributed by atoms with Gasteiger partial charge in [-0.05, 0) is 12.1 Å². The number of aromatic nitrogens is 6. The Bertz CT molecular complexity index is 937. The molecule has 2 N–H and O–H groups in total. The number of anilines is 1. The summed E-state index contributed by atoms with van der Waals surface area (Å²) in [6.45, 7) is 0.744. The zero-order chi connectivity index (χ0) is 14.9. The van der Waals surface area contributed by atoms with Crippen LogP contribution in [0.1, 0.15) is 5.82 Å². The SMILES string of the molecule is Cn1c(CCNc2ncnc3[nH]ncc23)nc2ccccc21. The number of nitrogens with zero attached hydrogens (tertiary/aromatic N) is 5. The van der Waals surface area contributed by atoms with Crippen molar-refractivity contribution in [3.63, 3.8) is 0 Å². The molecule has 3 aromatic heterocycles. The lowest BCUT2D eigenvalue weighted by atomic mass is 10.3. The Hall–Kier alpha value is -2.96. The van der Waals surface area contributed by atoms with Crippen molar-refractivity contribution in [2.75, 3.05) is 11.9 Å². The van der Waals surface area contributed by atoms with Crippen LogP contribution >= 0.6 is 0 Å². The Morgan fingerprint density at radius 2 is 2.14 bits per heavy atom. The van der Waals surface area contributed by atoms with Crippen molar-refractivity contribution in [3.05, 3.63) is 42.6 Å². The molecule has 0 radical (unpaired) electrons. The van der Waals surface area contributed by atoms with Crippen molar-refractivity contribution in [2.24, 2.45) is 7.05 Å². The van der Waals surface area contributed by atoms with Gasteiger partial charge >= 0.3 is 0 Å². The molecule has 1 aromatic carbocycles. The fourth-order valence-corrected chi connectivity index (χ4v) is 2.62. The molecule has 4 aromatic rings. The molecule has 3 heterocycles. The topological polar surface area (TPSA) is 84.3 Å². The highest BCUT2D eigenvalue weighted by Gasteiger charge is 2.08. The molecular weight excluding hydrogens is 278 g/mol. The van der Waals surface area contributed by atoms with E-state index in [9.17, 15) is 0 Å². The Kier molecular flexibility index (Phi) is 2.96. The number of fused-ring (bicyclic) bond motifs is 2. The third-order valence-electron chi connectivity index (χ3n) is 3.77. The zero-order valence-electron chi connectivity index (χ0n) is 12.1. The maximum Gasteiger partial charge on any atom is 0.160 e. The van der Waals surface area contributed by atoms with Gasteiger partial charge in [-0.15, -0.1) is 0 Å². The molecule has 0 fully saturated rings. The minimum absolute atomic E-state index is 0.736. The van der Waals surface area contributed by atoms with Crippen LogP contribution in [-0.2, 0) is 13.5 Å². The molecule has 0 unspecified atom stereocenters. The van der Waals surface area contributed by atoms with Crippen molar-refractivity contribution in [1.82, 2.24) is 29.7 Å². The average Bonchev–Trinajstić information content (AvgIpc) is 3.14. The second kappa shape index (κ2) is 5.10. The van der Waals surface area contributed by atoms with Crippen LogP contribution in [0.4, 0.5) is 5.82 Å². The summed E-state index contributed by atoms with van der Waals surface area (Å²) in [5.41, 5.74) is 2.91. The van der Waals surface area contributed by atoms with E-state index in [0.717, 1.165) is 46.7 Å². The first kappa shape index (κ1) is 12.8. The summed E-state index contributed by atoms with van der Waals surface area (Å²) in [5, 5.41) is 11.0. The van der Waals surface area contributed by atoms with Gasteiger partial charge in [-0.3, -0.25) is 5.10 Å². The standard InChI is InChI=1S/C15H15N7/c1-22-12-5-3-2-4-11(12)20-13(22)6-7-16-14-10-8-19-21-15(10)18-9-17-14/h2-5,8-9H,6-7H2,1H3,(H2,16,17,18,19,21). The molecular formula is C15H15N7. The van der Waals surface area contributed by atoms with Gasteiger partial charge in [-0.2, -0.15) is 5.10 Å². The lowest BCUT2D eigenvalue weighted by molar-refractivity contribution is 0.806. The molecule has 22 heavy (non-hydrogen) atoms. The Morgan fingerprint density at radius 1 is 1.23 bits per heavy atom. The number of imidazole rings is 1. The first-order valence-electron chi connectivity index (χ1n) is 7.11. The first-order chi connectivity index (χ1) is 10.8. The number of nitrogens with one attached hydrogen (secondary N) is 2. The van der Waals surface area contributed by atoms with Gasteiger partial charge in [-0.1, -0.05) is 12.1 Å². The normalized spacial score (nSPS) is 11.3. The molecule has 0 bridgehead atoms. The summed E-state index contributed by atoms with van der Waals surface area (Å²) in [6.07, 6.45) is 4.07. The highest BCUT2D eigenvalue weighted by Crippen LogP contribution is 2.17. The van der Waals surface area contributed by atoms with Crippen LogP contribution < -0.4 is 5.32 Å². The van der Waals surface area contributed by atoms with Gasteiger partial charge in [0, 0.05) is 20.0 Å². The lowest BCUT2D eigenvalue weighted by Gasteiger charge is -2.06. The summed E-state index contributed by atoms with van der Waals surface area (Å²) in [5.74, 6) is 1.84. The average molecular weight is 293 g/mol. The number of aromatic amines is 1. The quantitative estimate of drug-likeness (QED) is 0.600. The number of rotatable bonds is 4. The Labute approximate surface area is 126 Å². The summed E-state index contributed by atoms with van der Waals surface area (Å²) in [7, 11) is 2.05. The van der Waals surface area contributed by atoms with Gasteiger partial charge in [0.25, 0.3) is 0 Å². The highest BCUT2D eigenvalue weighted by atomic mass is 15.2. The number of H-pyrrole nitrogens is 1. The third-order valence-corrected chi connectivity index (χ3v) is 3.77. The second-order valence-corrected chi connectivity index (χ2v) is 5.11. The van der Waals surface area contributed by atoms with Crippen LogP contribution in [0, 0.1) is 0 Å². The highest BCUT2D eigenvalue weighted by molar-refractivity contribution is 5.85. The van der Waals surface area contributed by atoms with E-state index >= 15 is 0 Å². The van der Waals surface area contributed by atoms with Gasteiger partial charge in [0.1, 0.15) is 18.0 Å². The predicted molar refractivity (Wildman–Crippen MR) is 84.6 cm³/mol. The van der Waals surface area contributed by atoms with E-state index in [2.05, 4.69) is 41.1 Å². The van der Waals surface area contributed by atoms with Crippen molar-refractivity contribution in [1.29, 1.82) is 0 Å². The second-order valence-electron chi connectivity index (χ2n) is 5.11. The van der Waals surface area contributed by atoms with Gasteiger partial charge in [0.2, 0.25) is 0 Å². The Balaban J connectivity index is 1.52. The van der Waals surface area contributed by atoms with Gasteiger partial charge in [0.05, 0.1) is 22.6 Å². The van der Waals surface area contributed by atoms with Crippen molar-refractivity contribution >= 4 is 27.9 Å². The van der Waals surface area contributed by atoms with Crippen LogP contribution in [0.2, 0.25) is 0 Å². The Morgan fingerprint density at radius 3 is 3.05 bits per heavy atom. The van der Waals surface area contributed by atoms with Crippen LogP contribution in [0.5, 0.6) is 0 Å². The maximum absolute atomic E-state index is 4.67. The largest absolute Gasteiger partial charge is 0.369 e. The first-order valence-corrected chi connectivity index (χ1v) is 7.11. The molecule has 0 aliphatic heterocycles. The van der Waals surface area contributed by atoms with Crippen LogP contribution in [0.15, 0.2) is 36.8 Å². The van der Waals surface area contributed by atoms with Crippen molar-refractivity contribution < 1.29 is 0 Å². The van der Waals surface area contributed by atoms with E-state index in [1.165, 1.54) is 6.33 Å². The molecule has 0 aliphatic rings. The van der Waals surface area contributed by atoms with Gasteiger partial charge in [-0.25, -0.2) is 15.0 Å². The van der Waals surface area contributed by atoms with Gasteiger partial charge < -0.3 is 9.88 Å². The van der Waals surface area contributed by atoms with E-state index in [4.69, 9.17) is 0 Å². The molecule has 0 saturated carbocycles. The molecule has 7 nitrogen and oxygen atoms in total. The van der Waals surface area contributed by atoms with Crippen LogP contribution in [0.25, 0.3) is 22.1 Å². The smallest absolute Gasteiger partial charge is 0.160 e. The maximum atomic E-state index is 4.67. The minimum atomic E-state index is 0.736. The van der Waals surface area contributed by atoms with Gasteiger partial charge in [0.15, 0.2) is 5.65 Å². The molecule has 0 amide bonds. The summed E-state index contributed by atoms with van der Waals surface area (Å²) in [6, 6.07) is 8.15. The van der Waals surface area contributed by atoms with Crippen LogP contribution in [-0.4, -0.2) is 36.3 Å². The van der Waals surface area contributed by atoms with E-state index in [-0.39, 0.29) is 0 Å². The predicted octanol–water partition coefficient (Wildman–Crippen LogP) is 1.89. The van der Waals surface area contributed by atoms with Crippen molar-refractivity contribution in [2.45, 2.75) is 6.42 Å². The number of hydrogen-bond acceptors (Lipinski definition) is 5. The molecule has 110 valence electrons. The number of aryl methyl sites for hydroxylation is 1. The van der Waals surface area contributed by atoms with Crippen molar-refractivity contribution in [3.8, 4) is 0 Å². The minimum Gasteiger partial charge on any atom is -0.369 e. The molecule has 0 atom stereocenters. The van der Waals surface area contributed by atoms with E-state index in [1.807, 2.05) is 25.2 Å². The summed E-state index contributed by atoms with van der Waals surface area (Å²) >= 11 is 0. The number of hydrogen-bond donors (Lipinski definition) is 2. The van der Waals surface area contributed by atoms with E-state index in [0.29, 0.717) is 0 Å². The number of benzene rings is 1. The fraction of sp³-hybridized carbons (Fsp3) is 0.200. The molecule has 0 saturated heterocycles. The van der Waals surface area contributed by atoms with E-state index in [1.54, 1.807) is 6.20 Å². The van der Waals surface area contributed by atoms with Crippen LogP contribution in [0.3, 0.4) is 0 Å². The fourth-order valence-electron chi connectivity index (χ4n) is 2.62. The molecule has 0 aliphatic carbocycles. The summed E-state index contributed by atoms with van der Waals surface area (Å²) < 4.78 is 2.13. The monoisotopic (exact) mass is 293 g/mol. The van der Waals surface area contributed by atoms with E-state index < -0.39 is 0 Å². The number of para-hydroxylation sites is 2.